The van der Waals surface area contributed by atoms with Crippen molar-refractivity contribution >= 4 is 11.9 Å². The third kappa shape index (κ3) is 6.52. The first-order chi connectivity index (χ1) is 15.9. The van der Waals surface area contributed by atoms with Crippen LogP contribution in [0.2, 0.25) is 0 Å². The van der Waals surface area contributed by atoms with E-state index in [-0.39, 0.29) is 36.6 Å². The van der Waals surface area contributed by atoms with E-state index in [4.69, 9.17) is 18.6 Å². The molecule has 0 aliphatic heterocycles. The van der Waals surface area contributed by atoms with Crippen LogP contribution in [0.15, 0.2) is 47.0 Å². The fraction of sp³-hybridized carbons (Fsp3) is 0.261. The van der Waals surface area contributed by atoms with E-state index in [1.807, 2.05) is 0 Å². The second-order valence-corrected chi connectivity index (χ2v) is 6.87. The molecule has 0 radical (unpaired) electrons. The number of aryl methyl sites for hydroxylation is 1. The van der Waals surface area contributed by atoms with Gasteiger partial charge in [-0.1, -0.05) is 6.07 Å². The minimum absolute atomic E-state index is 0.0591. The van der Waals surface area contributed by atoms with Gasteiger partial charge in [0.05, 0.1) is 32.4 Å². The number of nitrogens with one attached hydrogen (secondary N) is 1. The molecule has 0 bridgehead atoms. The monoisotopic (exact) mass is 460 g/mol. The van der Waals surface area contributed by atoms with Crippen LogP contribution in [0.25, 0.3) is 11.3 Å². The molecule has 8 nitrogen and oxygen atoms in total. The van der Waals surface area contributed by atoms with Crippen LogP contribution in [0.4, 0.5) is 8.78 Å². The second kappa shape index (κ2) is 11.1. The van der Waals surface area contributed by atoms with Crippen LogP contribution in [0.3, 0.4) is 0 Å². The number of carbonyl (C=O) groups is 2. The standard InChI is InChI=1S/C23H22F2N2O6/c1-30-18-6-3-14(9-19(18)31-2)11-26-21(28)13-32-23(29)8-7-22-27-12-20(33-22)16-5-4-15(24)10-17(16)25/h3-6,9-10,12H,7-8,11,13H2,1-2H3,(H,26,28). The van der Waals surface area contributed by atoms with Crippen molar-refractivity contribution in [1.82, 2.24) is 10.3 Å². The van der Waals surface area contributed by atoms with Crippen LogP contribution in [0.5, 0.6) is 11.5 Å². The lowest BCUT2D eigenvalue weighted by molar-refractivity contribution is -0.148. The molecular formula is C23H22F2N2O6. The molecule has 0 fully saturated rings. The van der Waals surface area contributed by atoms with E-state index in [0.717, 1.165) is 17.7 Å². The lowest BCUT2D eigenvalue weighted by Crippen LogP contribution is -2.28. The number of carbonyl (C=O) groups excluding carboxylic acids is 2. The summed E-state index contributed by atoms with van der Waals surface area (Å²) in [6.45, 7) is -0.223. The smallest absolute Gasteiger partial charge is 0.306 e. The fourth-order valence-electron chi connectivity index (χ4n) is 2.91. The summed E-state index contributed by atoms with van der Waals surface area (Å²) in [4.78, 5) is 27.8. The first-order valence-electron chi connectivity index (χ1n) is 9.93. The number of halogens is 2. The van der Waals surface area contributed by atoms with Crippen molar-refractivity contribution < 1.29 is 37.0 Å². The number of nitrogens with zero attached hydrogens (tertiary/aromatic N) is 1. The number of esters is 1. The highest BCUT2D eigenvalue weighted by Gasteiger charge is 2.14. The van der Waals surface area contributed by atoms with E-state index in [9.17, 15) is 18.4 Å². The molecule has 1 aromatic heterocycles. The van der Waals surface area contributed by atoms with Crippen molar-refractivity contribution in [3.63, 3.8) is 0 Å². The van der Waals surface area contributed by atoms with Crippen molar-refractivity contribution in [2.45, 2.75) is 19.4 Å². The highest BCUT2D eigenvalue weighted by molar-refractivity contribution is 5.80. The average molecular weight is 460 g/mol. The molecule has 1 N–H and O–H groups in total. The topological polar surface area (TPSA) is 99.9 Å². The SMILES string of the molecule is COc1ccc(CNC(=O)COC(=O)CCc2ncc(-c3ccc(F)cc3F)o2)cc1OC. The van der Waals surface area contributed by atoms with E-state index in [0.29, 0.717) is 11.5 Å². The number of benzene rings is 2. The number of amides is 1. The Morgan fingerprint density at radius 2 is 1.85 bits per heavy atom. The summed E-state index contributed by atoms with van der Waals surface area (Å²) >= 11 is 0. The van der Waals surface area contributed by atoms with Crippen LogP contribution >= 0.6 is 0 Å². The van der Waals surface area contributed by atoms with Crippen molar-refractivity contribution in [3.8, 4) is 22.8 Å². The first-order valence-corrected chi connectivity index (χ1v) is 9.93. The summed E-state index contributed by atoms with van der Waals surface area (Å²) < 4.78 is 47.6. The summed E-state index contributed by atoms with van der Waals surface area (Å²) in [6.07, 6.45) is 1.29. The number of hydrogen-bond donors (Lipinski definition) is 1. The zero-order valence-electron chi connectivity index (χ0n) is 18.0. The maximum absolute atomic E-state index is 13.8. The fourth-order valence-corrected chi connectivity index (χ4v) is 2.91. The minimum atomic E-state index is -0.781. The quantitative estimate of drug-likeness (QED) is 0.463. The van der Waals surface area contributed by atoms with E-state index in [1.165, 1.54) is 26.5 Å². The molecule has 0 saturated heterocycles. The van der Waals surface area contributed by atoms with Crippen LogP contribution < -0.4 is 14.8 Å². The normalized spacial score (nSPS) is 10.5. The highest BCUT2D eigenvalue weighted by atomic mass is 19.1. The first kappa shape index (κ1) is 23.7. The van der Waals surface area contributed by atoms with Gasteiger partial charge in [-0.05, 0) is 29.8 Å². The van der Waals surface area contributed by atoms with Gasteiger partial charge in [-0.15, -0.1) is 0 Å². The van der Waals surface area contributed by atoms with E-state index < -0.39 is 30.1 Å². The van der Waals surface area contributed by atoms with Gasteiger partial charge >= 0.3 is 5.97 Å². The summed E-state index contributed by atoms with van der Waals surface area (Å²) in [5.74, 6) is -1.17. The van der Waals surface area contributed by atoms with Crippen molar-refractivity contribution in [2.75, 3.05) is 20.8 Å². The molecule has 0 aliphatic carbocycles. The van der Waals surface area contributed by atoms with Gasteiger partial charge in [0.15, 0.2) is 29.8 Å². The molecule has 0 aliphatic rings. The van der Waals surface area contributed by atoms with Gasteiger partial charge in [-0.25, -0.2) is 13.8 Å². The van der Waals surface area contributed by atoms with Crippen molar-refractivity contribution in [1.29, 1.82) is 0 Å². The number of ether oxygens (including phenoxy) is 3. The Morgan fingerprint density at radius 1 is 1.06 bits per heavy atom. The van der Waals surface area contributed by atoms with Gasteiger partial charge < -0.3 is 23.9 Å². The lowest BCUT2D eigenvalue weighted by Gasteiger charge is -2.10. The second-order valence-electron chi connectivity index (χ2n) is 6.87. The Bertz CT molecular complexity index is 1130. The number of aromatic nitrogens is 1. The zero-order chi connectivity index (χ0) is 23.8. The maximum Gasteiger partial charge on any atom is 0.306 e. The average Bonchev–Trinajstić information content (AvgIpc) is 3.28. The molecule has 0 spiro atoms. The van der Waals surface area contributed by atoms with Gasteiger partial charge in [0.1, 0.15) is 11.6 Å². The van der Waals surface area contributed by atoms with Gasteiger partial charge in [-0.3, -0.25) is 9.59 Å². The molecule has 33 heavy (non-hydrogen) atoms. The van der Waals surface area contributed by atoms with Crippen LogP contribution in [-0.4, -0.2) is 37.7 Å². The maximum atomic E-state index is 13.8. The molecule has 174 valence electrons. The van der Waals surface area contributed by atoms with Crippen LogP contribution in [-0.2, 0) is 27.3 Å². The van der Waals surface area contributed by atoms with Gasteiger partial charge in [0.25, 0.3) is 5.91 Å². The minimum Gasteiger partial charge on any atom is -0.493 e. The Morgan fingerprint density at radius 3 is 2.58 bits per heavy atom. The zero-order valence-corrected chi connectivity index (χ0v) is 18.0. The van der Waals surface area contributed by atoms with E-state index >= 15 is 0 Å². The summed E-state index contributed by atoms with van der Waals surface area (Å²) in [6, 6.07) is 8.31. The van der Waals surface area contributed by atoms with Gasteiger partial charge in [0.2, 0.25) is 0 Å². The predicted octanol–water partition coefficient (Wildman–Crippen LogP) is 3.43. The molecule has 10 heteroatoms. The Labute approximate surface area is 188 Å². The molecule has 0 atom stereocenters. The molecule has 2 aromatic carbocycles. The summed E-state index contributed by atoms with van der Waals surface area (Å²) in [5.41, 5.74) is 0.841. The number of oxazole rings is 1. The molecule has 3 rings (SSSR count). The highest BCUT2D eigenvalue weighted by Crippen LogP contribution is 2.27. The third-order valence-corrected chi connectivity index (χ3v) is 4.60. The third-order valence-electron chi connectivity index (χ3n) is 4.60. The van der Waals surface area contributed by atoms with Crippen molar-refractivity contribution in [2.24, 2.45) is 0 Å². The van der Waals surface area contributed by atoms with Crippen LogP contribution in [0, 0.1) is 11.6 Å². The Balaban J connectivity index is 1.41. The lowest BCUT2D eigenvalue weighted by atomic mass is 10.2. The Hall–Kier alpha value is -3.95. The largest absolute Gasteiger partial charge is 0.493 e. The number of rotatable bonds is 10. The molecule has 1 heterocycles. The molecular weight excluding hydrogens is 438 g/mol. The van der Waals surface area contributed by atoms with Crippen LogP contribution in [0.1, 0.15) is 17.9 Å². The predicted molar refractivity (Wildman–Crippen MR) is 113 cm³/mol. The number of methoxy groups -OCH3 is 2. The molecule has 3 aromatic rings. The number of hydrogen-bond acceptors (Lipinski definition) is 7. The van der Waals surface area contributed by atoms with E-state index in [2.05, 4.69) is 10.3 Å². The summed E-state index contributed by atoms with van der Waals surface area (Å²) in [5, 5.41) is 2.64. The molecule has 1 amide bonds. The van der Waals surface area contributed by atoms with Gasteiger partial charge in [0, 0.05) is 19.0 Å². The van der Waals surface area contributed by atoms with Gasteiger partial charge in [-0.2, -0.15) is 0 Å². The van der Waals surface area contributed by atoms with Crippen molar-refractivity contribution in [3.05, 3.63) is 65.7 Å². The summed E-state index contributed by atoms with van der Waals surface area (Å²) in [7, 11) is 3.04. The molecule has 0 saturated carbocycles. The van der Waals surface area contributed by atoms with E-state index in [1.54, 1.807) is 18.2 Å². The molecule has 0 unspecified atom stereocenters. The Kier molecular flexibility index (Phi) is 7.96.